The van der Waals surface area contributed by atoms with Crippen LogP contribution in [0.3, 0.4) is 0 Å². The van der Waals surface area contributed by atoms with Gasteiger partial charge in [-0.3, -0.25) is 5.43 Å². The molecule has 2 rings (SSSR count). The number of anilines is 3. The Hall–Kier alpha value is -2.06. The summed E-state index contributed by atoms with van der Waals surface area (Å²) in [5.74, 6) is 5.48. The van der Waals surface area contributed by atoms with Crippen molar-refractivity contribution >= 4 is 29.1 Å². The standard InChI is InChI=1S/C12H11ClF3N5/c1-6-5-18-11(21-17)20-10(6)19-9-3-2-7(13)4-8(9)12(14,15)16/h2-5H,17H2,1H3,(H2,18,19,20,21). The lowest BCUT2D eigenvalue weighted by Gasteiger charge is -2.15. The Kier molecular flexibility index (Phi) is 4.19. The zero-order valence-corrected chi connectivity index (χ0v) is 11.5. The summed E-state index contributed by atoms with van der Waals surface area (Å²) in [7, 11) is 0. The normalized spacial score (nSPS) is 11.3. The highest BCUT2D eigenvalue weighted by Gasteiger charge is 2.34. The molecule has 0 saturated carbocycles. The van der Waals surface area contributed by atoms with E-state index in [0.717, 1.165) is 6.07 Å². The predicted molar refractivity (Wildman–Crippen MR) is 74.3 cm³/mol. The second kappa shape index (κ2) is 5.74. The molecule has 21 heavy (non-hydrogen) atoms. The van der Waals surface area contributed by atoms with Crippen LogP contribution < -0.4 is 16.6 Å². The molecule has 0 spiro atoms. The molecule has 0 fully saturated rings. The SMILES string of the molecule is Cc1cnc(NN)nc1Nc1ccc(Cl)cc1C(F)(F)F. The molecule has 0 unspecified atom stereocenters. The topological polar surface area (TPSA) is 75.9 Å². The molecule has 0 bridgehead atoms. The van der Waals surface area contributed by atoms with Gasteiger partial charge in [-0.2, -0.15) is 18.2 Å². The van der Waals surface area contributed by atoms with E-state index >= 15 is 0 Å². The Morgan fingerprint density at radius 3 is 2.62 bits per heavy atom. The van der Waals surface area contributed by atoms with Gasteiger partial charge in [0.2, 0.25) is 5.95 Å². The number of rotatable bonds is 3. The molecule has 0 aliphatic heterocycles. The third-order valence-electron chi connectivity index (χ3n) is 2.64. The summed E-state index contributed by atoms with van der Waals surface area (Å²) in [6.07, 6.45) is -3.10. The Labute approximate surface area is 123 Å². The van der Waals surface area contributed by atoms with Crippen LogP contribution in [0.5, 0.6) is 0 Å². The van der Waals surface area contributed by atoms with Gasteiger partial charge in [-0.05, 0) is 25.1 Å². The molecule has 112 valence electrons. The summed E-state index contributed by atoms with van der Waals surface area (Å²) in [4.78, 5) is 7.83. The van der Waals surface area contributed by atoms with E-state index in [1.54, 1.807) is 6.92 Å². The Bertz CT molecular complexity index is 660. The minimum Gasteiger partial charge on any atom is -0.339 e. The van der Waals surface area contributed by atoms with Crippen molar-refractivity contribution in [2.45, 2.75) is 13.1 Å². The van der Waals surface area contributed by atoms with Crippen molar-refractivity contribution in [1.29, 1.82) is 0 Å². The van der Waals surface area contributed by atoms with Crippen molar-refractivity contribution in [3.8, 4) is 0 Å². The molecule has 2 aromatic rings. The molecule has 0 amide bonds. The average Bonchev–Trinajstić information content (AvgIpc) is 2.42. The van der Waals surface area contributed by atoms with Gasteiger partial charge >= 0.3 is 6.18 Å². The number of nitrogens with two attached hydrogens (primary N) is 1. The van der Waals surface area contributed by atoms with Crippen LogP contribution in [0.25, 0.3) is 0 Å². The zero-order valence-electron chi connectivity index (χ0n) is 10.8. The molecule has 0 radical (unpaired) electrons. The molecule has 0 atom stereocenters. The van der Waals surface area contributed by atoms with Crippen molar-refractivity contribution in [2.75, 3.05) is 10.7 Å². The Balaban J connectivity index is 2.45. The number of halogens is 4. The summed E-state index contributed by atoms with van der Waals surface area (Å²) in [6.45, 7) is 1.66. The van der Waals surface area contributed by atoms with Crippen LogP contribution in [-0.4, -0.2) is 9.97 Å². The smallest absolute Gasteiger partial charge is 0.339 e. The number of benzene rings is 1. The second-order valence-corrected chi connectivity index (χ2v) is 4.62. The first kappa shape index (κ1) is 15.3. The molecular formula is C12H11ClF3N5. The lowest BCUT2D eigenvalue weighted by atomic mass is 10.1. The molecule has 1 heterocycles. The van der Waals surface area contributed by atoms with E-state index in [1.807, 2.05) is 0 Å². The number of nitrogens with zero attached hydrogens (tertiary/aromatic N) is 2. The molecule has 0 aliphatic rings. The summed E-state index contributed by atoms with van der Waals surface area (Å²) in [5.41, 5.74) is 1.76. The van der Waals surface area contributed by atoms with Gasteiger partial charge < -0.3 is 5.32 Å². The lowest BCUT2D eigenvalue weighted by Crippen LogP contribution is -2.13. The summed E-state index contributed by atoms with van der Waals surface area (Å²) in [5, 5.41) is 2.62. The van der Waals surface area contributed by atoms with E-state index in [0.29, 0.717) is 5.56 Å². The number of hydrogen-bond donors (Lipinski definition) is 3. The molecular weight excluding hydrogens is 307 g/mol. The lowest BCUT2D eigenvalue weighted by molar-refractivity contribution is -0.136. The third kappa shape index (κ3) is 3.53. The number of alkyl halides is 3. The van der Waals surface area contributed by atoms with Crippen molar-refractivity contribution in [2.24, 2.45) is 5.84 Å². The minimum absolute atomic E-state index is 0.00315. The monoisotopic (exact) mass is 317 g/mol. The highest BCUT2D eigenvalue weighted by atomic mass is 35.5. The first-order valence-corrected chi connectivity index (χ1v) is 6.13. The number of aromatic nitrogens is 2. The molecule has 9 heteroatoms. The summed E-state index contributed by atoms with van der Waals surface area (Å²) in [6, 6.07) is 3.45. The van der Waals surface area contributed by atoms with E-state index in [4.69, 9.17) is 17.4 Å². The first-order valence-electron chi connectivity index (χ1n) is 5.75. The molecule has 1 aromatic carbocycles. The quantitative estimate of drug-likeness (QED) is 0.597. The van der Waals surface area contributed by atoms with Crippen molar-refractivity contribution in [1.82, 2.24) is 9.97 Å². The molecule has 4 N–H and O–H groups in total. The van der Waals surface area contributed by atoms with Crippen molar-refractivity contribution in [3.63, 3.8) is 0 Å². The van der Waals surface area contributed by atoms with Gasteiger partial charge in [0, 0.05) is 16.8 Å². The molecule has 5 nitrogen and oxygen atoms in total. The van der Waals surface area contributed by atoms with Gasteiger partial charge in [-0.25, -0.2) is 10.8 Å². The van der Waals surface area contributed by atoms with Gasteiger partial charge in [0.1, 0.15) is 5.82 Å². The van der Waals surface area contributed by atoms with Gasteiger partial charge in [0.05, 0.1) is 11.3 Å². The van der Waals surface area contributed by atoms with E-state index in [9.17, 15) is 13.2 Å². The van der Waals surface area contributed by atoms with Crippen LogP contribution in [0, 0.1) is 6.92 Å². The minimum atomic E-state index is -4.54. The number of hydrazine groups is 1. The maximum atomic E-state index is 13.0. The fraction of sp³-hybridized carbons (Fsp3) is 0.167. The fourth-order valence-electron chi connectivity index (χ4n) is 1.63. The van der Waals surface area contributed by atoms with Crippen LogP contribution in [-0.2, 0) is 6.18 Å². The predicted octanol–water partition coefficient (Wildman–Crippen LogP) is 3.49. The van der Waals surface area contributed by atoms with Crippen LogP contribution >= 0.6 is 11.6 Å². The first-order chi connectivity index (χ1) is 9.81. The molecule has 0 aliphatic carbocycles. The summed E-state index contributed by atoms with van der Waals surface area (Å²) < 4.78 is 39.0. The molecule has 0 saturated heterocycles. The van der Waals surface area contributed by atoms with Crippen LogP contribution in [0.4, 0.5) is 30.6 Å². The fourth-order valence-corrected chi connectivity index (χ4v) is 1.80. The van der Waals surface area contributed by atoms with Crippen molar-refractivity contribution < 1.29 is 13.2 Å². The van der Waals surface area contributed by atoms with Crippen LogP contribution in [0.15, 0.2) is 24.4 Å². The van der Waals surface area contributed by atoms with Gasteiger partial charge in [0.15, 0.2) is 0 Å². The number of nitrogen functional groups attached to an aromatic ring is 1. The third-order valence-corrected chi connectivity index (χ3v) is 2.88. The Morgan fingerprint density at radius 1 is 1.29 bits per heavy atom. The van der Waals surface area contributed by atoms with Crippen LogP contribution in [0.2, 0.25) is 5.02 Å². The molecule has 1 aromatic heterocycles. The average molecular weight is 318 g/mol. The maximum absolute atomic E-state index is 13.0. The van der Waals surface area contributed by atoms with E-state index < -0.39 is 11.7 Å². The van der Waals surface area contributed by atoms with Crippen molar-refractivity contribution in [3.05, 3.63) is 40.5 Å². The number of aryl methyl sites for hydroxylation is 1. The van der Waals surface area contributed by atoms with E-state index in [1.165, 1.54) is 18.3 Å². The van der Waals surface area contributed by atoms with Gasteiger partial charge in [0.25, 0.3) is 0 Å². The highest BCUT2D eigenvalue weighted by molar-refractivity contribution is 6.30. The number of hydrogen-bond acceptors (Lipinski definition) is 5. The van der Waals surface area contributed by atoms with Gasteiger partial charge in [-0.15, -0.1) is 0 Å². The van der Waals surface area contributed by atoms with Gasteiger partial charge in [-0.1, -0.05) is 11.6 Å². The highest BCUT2D eigenvalue weighted by Crippen LogP contribution is 2.37. The maximum Gasteiger partial charge on any atom is 0.418 e. The second-order valence-electron chi connectivity index (χ2n) is 4.18. The number of nitrogens with one attached hydrogen (secondary N) is 2. The van der Waals surface area contributed by atoms with E-state index in [-0.39, 0.29) is 22.5 Å². The van der Waals surface area contributed by atoms with Crippen LogP contribution in [0.1, 0.15) is 11.1 Å². The van der Waals surface area contributed by atoms with E-state index in [2.05, 4.69) is 20.7 Å². The largest absolute Gasteiger partial charge is 0.418 e. The Morgan fingerprint density at radius 2 is 2.00 bits per heavy atom. The zero-order chi connectivity index (χ0) is 15.6. The summed E-state index contributed by atoms with van der Waals surface area (Å²) >= 11 is 5.62.